The second kappa shape index (κ2) is 7.24. The number of nitrogens with two attached hydrogens (primary N) is 1. The van der Waals surface area contributed by atoms with Gasteiger partial charge in [0.25, 0.3) is 5.91 Å². The number of thiophene rings is 1. The fourth-order valence-corrected chi connectivity index (χ4v) is 3.89. The molecule has 7 nitrogen and oxygen atoms in total. The summed E-state index contributed by atoms with van der Waals surface area (Å²) in [7, 11) is 0. The first-order valence-corrected chi connectivity index (χ1v) is 9.56. The zero-order valence-corrected chi connectivity index (χ0v) is 16.0. The molecule has 3 aromatic heterocycles. The van der Waals surface area contributed by atoms with Gasteiger partial charge in [-0.05, 0) is 37.3 Å². The van der Waals surface area contributed by atoms with E-state index in [0.29, 0.717) is 32.9 Å². The summed E-state index contributed by atoms with van der Waals surface area (Å²) in [5, 5.41) is 12.1. The van der Waals surface area contributed by atoms with Crippen LogP contribution >= 0.6 is 11.3 Å². The predicted octanol–water partition coefficient (Wildman–Crippen LogP) is 3.23. The molecule has 1 aromatic carbocycles. The van der Waals surface area contributed by atoms with E-state index in [1.165, 1.54) is 11.3 Å². The van der Waals surface area contributed by atoms with Crippen LogP contribution in [0.15, 0.2) is 54.9 Å². The van der Waals surface area contributed by atoms with E-state index in [1.54, 1.807) is 6.07 Å². The van der Waals surface area contributed by atoms with Crippen molar-refractivity contribution in [3.05, 3.63) is 71.0 Å². The Labute approximate surface area is 165 Å². The van der Waals surface area contributed by atoms with Crippen LogP contribution in [0.2, 0.25) is 0 Å². The molecule has 0 atom stereocenters. The molecule has 28 heavy (non-hydrogen) atoms. The van der Waals surface area contributed by atoms with Gasteiger partial charge in [0.2, 0.25) is 5.95 Å². The van der Waals surface area contributed by atoms with Crippen molar-refractivity contribution in [1.29, 1.82) is 5.41 Å². The number of fused-ring (bicyclic) bond motifs is 1. The van der Waals surface area contributed by atoms with Gasteiger partial charge in [0, 0.05) is 35.6 Å². The van der Waals surface area contributed by atoms with Gasteiger partial charge in [-0.25, -0.2) is 9.97 Å². The maximum absolute atomic E-state index is 12.2. The molecule has 140 valence electrons. The smallest absolute Gasteiger partial charge is 0.261 e. The summed E-state index contributed by atoms with van der Waals surface area (Å²) in [5.74, 6) is -0.0851. The molecule has 4 aromatic rings. The van der Waals surface area contributed by atoms with Crippen molar-refractivity contribution in [3.8, 4) is 5.69 Å². The molecule has 0 aliphatic carbocycles. The number of anilines is 1. The maximum atomic E-state index is 12.2. The van der Waals surface area contributed by atoms with E-state index in [4.69, 9.17) is 11.1 Å². The highest BCUT2D eigenvalue weighted by molar-refractivity contribution is 7.20. The van der Waals surface area contributed by atoms with Crippen LogP contribution in [0, 0.1) is 5.41 Å². The Balaban J connectivity index is 1.73. The second-order valence-corrected chi connectivity index (χ2v) is 7.16. The summed E-state index contributed by atoms with van der Waals surface area (Å²) in [4.78, 5) is 21.8. The Morgan fingerprint density at radius 3 is 2.61 bits per heavy atom. The second-order valence-electron chi connectivity index (χ2n) is 6.13. The molecule has 3 heterocycles. The van der Waals surface area contributed by atoms with Gasteiger partial charge in [-0.3, -0.25) is 10.2 Å². The molecule has 0 saturated carbocycles. The van der Waals surface area contributed by atoms with Crippen LogP contribution in [0.4, 0.5) is 5.95 Å². The summed E-state index contributed by atoms with van der Waals surface area (Å²) in [5.41, 5.74) is 8.22. The molecule has 0 saturated heterocycles. The van der Waals surface area contributed by atoms with Gasteiger partial charge in [0.05, 0.1) is 10.6 Å². The Bertz CT molecular complexity index is 1160. The minimum absolute atomic E-state index is 0.0838. The number of nitrogens with one attached hydrogen (secondary N) is 2. The normalized spacial score (nSPS) is 10.9. The van der Waals surface area contributed by atoms with Gasteiger partial charge in [-0.15, -0.1) is 11.3 Å². The standard InChI is InChI=1S/C20H18N6OS/c1-2-23-18(27)15-11-14-17(24-20(22)25-19(14)28-15)16(21)12-5-7-13(8-6-12)26-9-3-4-10-26/h3-11,21H,2H2,1H3,(H,23,27)(H2,22,24,25). The molecule has 0 spiro atoms. The number of carbonyl (C=O) groups is 1. The number of nitrogens with zero attached hydrogens (tertiary/aromatic N) is 3. The summed E-state index contributed by atoms with van der Waals surface area (Å²) in [6, 6.07) is 13.3. The van der Waals surface area contributed by atoms with Crippen LogP contribution in [0.1, 0.15) is 27.9 Å². The minimum atomic E-state index is -0.169. The average Bonchev–Trinajstić information content (AvgIpc) is 3.37. The van der Waals surface area contributed by atoms with E-state index in [-0.39, 0.29) is 17.6 Å². The Kier molecular flexibility index (Phi) is 4.62. The number of rotatable bonds is 5. The predicted molar refractivity (Wildman–Crippen MR) is 112 cm³/mol. The van der Waals surface area contributed by atoms with Gasteiger partial charge in [-0.2, -0.15) is 0 Å². The molecule has 4 rings (SSSR count). The van der Waals surface area contributed by atoms with E-state index in [9.17, 15) is 4.79 Å². The highest BCUT2D eigenvalue weighted by Crippen LogP contribution is 2.28. The van der Waals surface area contributed by atoms with E-state index in [2.05, 4.69) is 15.3 Å². The van der Waals surface area contributed by atoms with Crippen molar-refractivity contribution < 1.29 is 4.79 Å². The zero-order valence-electron chi connectivity index (χ0n) is 15.1. The Hall–Kier alpha value is -3.52. The molecule has 0 aliphatic heterocycles. The summed E-state index contributed by atoms with van der Waals surface area (Å²) < 4.78 is 1.99. The van der Waals surface area contributed by atoms with Crippen LogP contribution < -0.4 is 11.1 Å². The first-order valence-electron chi connectivity index (χ1n) is 8.74. The topological polar surface area (TPSA) is 110 Å². The van der Waals surface area contributed by atoms with Gasteiger partial charge in [0.15, 0.2) is 0 Å². The summed E-state index contributed by atoms with van der Waals surface area (Å²) in [6.45, 7) is 2.40. The van der Waals surface area contributed by atoms with Gasteiger partial charge >= 0.3 is 0 Å². The monoisotopic (exact) mass is 390 g/mol. The largest absolute Gasteiger partial charge is 0.368 e. The van der Waals surface area contributed by atoms with Crippen LogP contribution in [0.3, 0.4) is 0 Å². The summed E-state index contributed by atoms with van der Waals surface area (Å²) >= 11 is 1.24. The zero-order chi connectivity index (χ0) is 19.7. The van der Waals surface area contributed by atoms with Crippen molar-refractivity contribution in [2.24, 2.45) is 0 Å². The lowest BCUT2D eigenvalue weighted by molar-refractivity contribution is 0.0960. The highest BCUT2D eigenvalue weighted by Gasteiger charge is 2.18. The number of nitrogen functional groups attached to an aromatic ring is 1. The number of hydrogen-bond donors (Lipinski definition) is 3. The van der Waals surface area contributed by atoms with E-state index in [1.807, 2.05) is 60.3 Å². The average molecular weight is 390 g/mol. The highest BCUT2D eigenvalue weighted by atomic mass is 32.1. The Morgan fingerprint density at radius 2 is 1.93 bits per heavy atom. The number of aromatic nitrogens is 3. The molecule has 8 heteroatoms. The molecule has 4 N–H and O–H groups in total. The fourth-order valence-electron chi connectivity index (χ4n) is 2.93. The number of carbonyl (C=O) groups excluding carboxylic acids is 1. The van der Waals surface area contributed by atoms with Crippen molar-refractivity contribution >= 4 is 39.1 Å². The first-order chi connectivity index (χ1) is 13.6. The van der Waals surface area contributed by atoms with Crippen LogP contribution in [-0.4, -0.2) is 32.7 Å². The maximum Gasteiger partial charge on any atom is 0.261 e. The lowest BCUT2D eigenvalue weighted by atomic mass is 10.0. The molecular formula is C20H18N6OS. The van der Waals surface area contributed by atoms with Crippen LogP contribution in [-0.2, 0) is 0 Å². The number of amides is 1. The van der Waals surface area contributed by atoms with Crippen molar-refractivity contribution in [3.63, 3.8) is 0 Å². The first kappa shape index (κ1) is 17.9. The van der Waals surface area contributed by atoms with Crippen molar-refractivity contribution in [2.45, 2.75) is 6.92 Å². The van der Waals surface area contributed by atoms with E-state index >= 15 is 0 Å². The third-order valence-electron chi connectivity index (χ3n) is 4.27. The molecule has 1 amide bonds. The quantitative estimate of drug-likeness (QED) is 0.454. The third kappa shape index (κ3) is 3.25. The molecule has 0 bridgehead atoms. The molecule has 0 fully saturated rings. The van der Waals surface area contributed by atoms with Crippen LogP contribution in [0.5, 0.6) is 0 Å². The summed E-state index contributed by atoms with van der Waals surface area (Å²) in [6.07, 6.45) is 3.92. The molecule has 0 aliphatic rings. The fraction of sp³-hybridized carbons (Fsp3) is 0.100. The van der Waals surface area contributed by atoms with Gasteiger partial charge < -0.3 is 15.6 Å². The van der Waals surface area contributed by atoms with E-state index in [0.717, 1.165) is 5.69 Å². The van der Waals surface area contributed by atoms with Gasteiger partial charge in [-0.1, -0.05) is 12.1 Å². The lowest BCUT2D eigenvalue weighted by Crippen LogP contribution is -2.21. The number of hydrogen-bond acceptors (Lipinski definition) is 6. The SMILES string of the molecule is CCNC(=O)c1cc2c(C(=N)c3ccc(-n4cccc4)cc3)nc(N)nc2s1. The van der Waals surface area contributed by atoms with Gasteiger partial charge in [0.1, 0.15) is 10.5 Å². The lowest BCUT2D eigenvalue weighted by Gasteiger charge is -2.08. The van der Waals surface area contributed by atoms with Crippen molar-refractivity contribution in [1.82, 2.24) is 19.9 Å². The van der Waals surface area contributed by atoms with Crippen LogP contribution in [0.25, 0.3) is 15.9 Å². The van der Waals surface area contributed by atoms with Crippen molar-refractivity contribution in [2.75, 3.05) is 12.3 Å². The molecular weight excluding hydrogens is 372 g/mol. The minimum Gasteiger partial charge on any atom is -0.368 e. The molecule has 0 unspecified atom stereocenters. The number of benzene rings is 1. The Morgan fingerprint density at radius 1 is 1.21 bits per heavy atom. The van der Waals surface area contributed by atoms with E-state index < -0.39 is 0 Å². The third-order valence-corrected chi connectivity index (χ3v) is 5.29. The molecule has 0 radical (unpaired) electrons.